The van der Waals surface area contributed by atoms with Gasteiger partial charge in [-0.3, -0.25) is 10.1 Å². The molecule has 3 aromatic rings. The summed E-state index contributed by atoms with van der Waals surface area (Å²) in [6.07, 6.45) is 1.62. The van der Waals surface area contributed by atoms with Gasteiger partial charge in [-0.15, -0.1) is 0 Å². The number of hydrogen-bond donors (Lipinski definition) is 0. The van der Waals surface area contributed by atoms with Gasteiger partial charge in [0, 0.05) is 21.3 Å². The predicted octanol–water partition coefficient (Wildman–Crippen LogP) is 6.59. The number of halogens is 2. The number of benzene rings is 3. The van der Waals surface area contributed by atoms with E-state index in [0.29, 0.717) is 33.7 Å². The summed E-state index contributed by atoms with van der Waals surface area (Å²) in [7, 11) is 0. The van der Waals surface area contributed by atoms with Crippen LogP contribution in [0.4, 0.5) is 5.69 Å². The fraction of sp³-hybridized carbons (Fsp3) is 0.154. The molecule has 10 heteroatoms. The molecule has 0 spiro atoms. The second kappa shape index (κ2) is 11.2. The average Bonchev–Trinajstić information content (AvgIpc) is 3.20. The number of nitro groups is 1. The Balaban J connectivity index is 1.60. The van der Waals surface area contributed by atoms with Crippen LogP contribution >= 0.6 is 38.5 Å². The van der Waals surface area contributed by atoms with Crippen molar-refractivity contribution in [1.82, 2.24) is 0 Å². The molecular weight excluding hydrogens is 643 g/mol. The minimum atomic E-state index is -0.540. The molecular formula is C26H20BrIN2O6. The summed E-state index contributed by atoms with van der Waals surface area (Å²) >= 11 is 5.76. The molecule has 184 valence electrons. The van der Waals surface area contributed by atoms with Gasteiger partial charge < -0.3 is 14.2 Å². The zero-order valence-electron chi connectivity index (χ0n) is 19.3. The van der Waals surface area contributed by atoms with Crippen LogP contribution in [0.3, 0.4) is 0 Å². The minimum absolute atomic E-state index is 0.00839. The summed E-state index contributed by atoms with van der Waals surface area (Å²) < 4.78 is 18.8. The molecule has 4 rings (SSSR count). The van der Waals surface area contributed by atoms with Gasteiger partial charge in [0.1, 0.15) is 6.61 Å². The number of aliphatic imine (C=N–C) groups is 1. The first-order valence-electron chi connectivity index (χ1n) is 10.9. The van der Waals surface area contributed by atoms with Crippen molar-refractivity contribution in [2.75, 3.05) is 6.61 Å². The Morgan fingerprint density at radius 1 is 1.17 bits per heavy atom. The number of carbonyl (C=O) groups excluding carboxylic acids is 1. The van der Waals surface area contributed by atoms with Crippen molar-refractivity contribution >= 4 is 62.2 Å². The fourth-order valence-corrected chi connectivity index (χ4v) is 4.37. The lowest BCUT2D eigenvalue weighted by Gasteiger charge is -2.15. The van der Waals surface area contributed by atoms with E-state index in [-0.39, 0.29) is 23.9 Å². The second-order valence-corrected chi connectivity index (χ2v) is 9.80. The Labute approximate surface area is 229 Å². The lowest BCUT2D eigenvalue weighted by molar-refractivity contribution is -0.384. The lowest BCUT2D eigenvalue weighted by atomic mass is 10.1. The van der Waals surface area contributed by atoms with Crippen LogP contribution in [-0.4, -0.2) is 23.4 Å². The lowest BCUT2D eigenvalue weighted by Crippen LogP contribution is -2.05. The molecule has 0 atom stereocenters. The molecule has 0 fully saturated rings. The molecule has 8 nitrogen and oxygen atoms in total. The molecule has 0 bridgehead atoms. The van der Waals surface area contributed by atoms with Crippen molar-refractivity contribution in [2.24, 2.45) is 4.99 Å². The highest BCUT2D eigenvalue weighted by Gasteiger charge is 2.25. The van der Waals surface area contributed by atoms with Gasteiger partial charge >= 0.3 is 5.97 Å². The molecule has 0 radical (unpaired) electrons. The van der Waals surface area contributed by atoms with Crippen LogP contribution in [-0.2, 0) is 16.1 Å². The predicted molar refractivity (Wildman–Crippen MR) is 147 cm³/mol. The van der Waals surface area contributed by atoms with Gasteiger partial charge in [0.2, 0.25) is 5.90 Å². The van der Waals surface area contributed by atoms with Crippen LogP contribution in [0.5, 0.6) is 11.5 Å². The van der Waals surface area contributed by atoms with Gasteiger partial charge in [0.05, 0.1) is 16.0 Å². The standard InChI is InChI=1S/C26H20BrIN2O6/c1-3-34-23-13-17(11-20(27)24(23)35-14-16-5-4-6-19(10-16)30(32)33)12-22-26(31)36-25(29-22)18-7-8-21(28)15(2)9-18/h4-13H,3,14H2,1-2H3/b22-12-. The number of carbonyl (C=O) groups is 1. The van der Waals surface area contributed by atoms with Crippen LogP contribution in [0, 0.1) is 20.6 Å². The molecule has 1 heterocycles. The Morgan fingerprint density at radius 3 is 2.69 bits per heavy atom. The van der Waals surface area contributed by atoms with Crippen LogP contribution in [0.1, 0.15) is 29.2 Å². The van der Waals surface area contributed by atoms with Crippen LogP contribution in [0.15, 0.2) is 69.8 Å². The summed E-state index contributed by atoms with van der Waals surface area (Å²) in [4.78, 5) is 27.5. The number of ether oxygens (including phenoxy) is 3. The SMILES string of the molecule is CCOc1cc(/C=C2\N=C(c3ccc(I)c(C)c3)OC2=O)cc(Br)c1OCc1cccc([N+](=O)[O-])c1. The van der Waals surface area contributed by atoms with E-state index in [1.807, 2.05) is 32.0 Å². The molecule has 36 heavy (non-hydrogen) atoms. The highest BCUT2D eigenvalue weighted by atomic mass is 127. The number of nitro benzene ring substituents is 1. The first-order valence-corrected chi connectivity index (χ1v) is 12.7. The maximum absolute atomic E-state index is 12.5. The van der Waals surface area contributed by atoms with E-state index in [1.54, 1.807) is 30.3 Å². The van der Waals surface area contributed by atoms with Crippen molar-refractivity contribution in [1.29, 1.82) is 0 Å². The van der Waals surface area contributed by atoms with E-state index in [9.17, 15) is 14.9 Å². The number of rotatable bonds is 8. The molecule has 0 N–H and O–H groups in total. The number of hydrogen-bond acceptors (Lipinski definition) is 7. The van der Waals surface area contributed by atoms with E-state index in [1.165, 1.54) is 12.1 Å². The average molecular weight is 663 g/mol. The van der Waals surface area contributed by atoms with Crippen molar-refractivity contribution in [3.8, 4) is 11.5 Å². The van der Waals surface area contributed by atoms with Crippen LogP contribution in [0.25, 0.3) is 6.08 Å². The van der Waals surface area contributed by atoms with Crippen LogP contribution in [0.2, 0.25) is 0 Å². The third kappa shape index (κ3) is 5.93. The summed E-state index contributed by atoms with van der Waals surface area (Å²) in [6, 6.07) is 15.5. The van der Waals surface area contributed by atoms with E-state index in [0.717, 1.165) is 14.7 Å². The smallest absolute Gasteiger partial charge is 0.363 e. The zero-order valence-corrected chi connectivity index (χ0v) is 23.0. The molecule has 0 aliphatic carbocycles. The van der Waals surface area contributed by atoms with E-state index in [2.05, 4.69) is 43.5 Å². The molecule has 1 aliphatic rings. The van der Waals surface area contributed by atoms with Gasteiger partial charge in [0.15, 0.2) is 17.2 Å². The third-order valence-corrected chi connectivity index (χ3v) is 6.96. The van der Waals surface area contributed by atoms with Crippen molar-refractivity contribution in [3.05, 3.63) is 101 Å². The maximum atomic E-state index is 12.5. The molecule has 0 amide bonds. The zero-order chi connectivity index (χ0) is 25.8. The summed E-state index contributed by atoms with van der Waals surface area (Å²) in [5.74, 6) is 0.610. The summed E-state index contributed by atoms with van der Waals surface area (Å²) in [5, 5.41) is 11.0. The van der Waals surface area contributed by atoms with Gasteiger partial charge in [-0.1, -0.05) is 12.1 Å². The Bertz CT molecular complexity index is 1420. The molecule has 0 aromatic heterocycles. The summed E-state index contributed by atoms with van der Waals surface area (Å²) in [5.41, 5.74) is 3.25. The summed E-state index contributed by atoms with van der Waals surface area (Å²) in [6.45, 7) is 4.32. The number of aryl methyl sites for hydroxylation is 1. The number of cyclic esters (lactones) is 1. The first kappa shape index (κ1) is 25.8. The number of esters is 1. The number of nitrogens with zero attached hydrogens (tertiary/aromatic N) is 2. The molecule has 0 saturated carbocycles. The van der Waals surface area contributed by atoms with Gasteiger partial charge in [-0.2, -0.15) is 0 Å². The van der Waals surface area contributed by atoms with Gasteiger partial charge in [-0.05, 0) is 105 Å². The topological polar surface area (TPSA) is 100 Å². The van der Waals surface area contributed by atoms with E-state index in [4.69, 9.17) is 14.2 Å². The molecule has 3 aromatic carbocycles. The number of non-ortho nitro benzene ring substituents is 1. The quantitative estimate of drug-likeness (QED) is 0.0887. The Kier molecular flexibility index (Phi) is 8.04. The first-order chi connectivity index (χ1) is 17.2. The largest absolute Gasteiger partial charge is 0.490 e. The third-order valence-electron chi connectivity index (χ3n) is 5.17. The van der Waals surface area contributed by atoms with E-state index >= 15 is 0 Å². The van der Waals surface area contributed by atoms with Crippen molar-refractivity contribution < 1.29 is 23.9 Å². The molecule has 0 saturated heterocycles. The van der Waals surface area contributed by atoms with E-state index < -0.39 is 10.9 Å². The van der Waals surface area contributed by atoms with Gasteiger partial charge in [0.25, 0.3) is 5.69 Å². The van der Waals surface area contributed by atoms with Crippen molar-refractivity contribution in [3.63, 3.8) is 0 Å². The highest BCUT2D eigenvalue weighted by Crippen LogP contribution is 2.38. The monoisotopic (exact) mass is 662 g/mol. The Morgan fingerprint density at radius 2 is 1.97 bits per heavy atom. The normalized spacial score (nSPS) is 13.9. The van der Waals surface area contributed by atoms with Gasteiger partial charge in [-0.25, -0.2) is 9.79 Å². The minimum Gasteiger partial charge on any atom is -0.490 e. The van der Waals surface area contributed by atoms with Crippen LogP contribution < -0.4 is 9.47 Å². The second-order valence-electron chi connectivity index (χ2n) is 7.78. The maximum Gasteiger partial charge on any atom is 0.363 e. The van der Waals surface area contributed by atoms with Crippen molar-refractivity contribution in [2.45, 2.75) is 20.5 Å². The fourth-order valence-electron chi connectivity index (χ4n) is 3.46. The Hall–Kier alpha value is -3.25. The molecule has 0 unspecified atom stereocenters. The highest BCUT2D eigenvalue weighted by molar-refractivity contribution is 14.1. The molecule has 1 aliphatic heterocycles.